The number of allylic oxidation sites excluding steroid dienone is 1. The van der Waals surface area contributed by atoms with Gasteiger partial charge in [-0.2, -0.15) is 0 Å². The molecule has 1 N–H and O–H groups in total. The third-order valence-corrected chi connectivity index (χ3v) is 18.5. The Bertz CT molecular complexity index is 1060. The van der Waals surface area contributed by atoms with E-state index >= 15 is 0 Å². The van der Waals surface area contributed by atoms with Crippen LogP contribution in [-0.2, 0) is 16.0 Å². The minimum absolute atomic E-state index is 0.140. The van der Waals surface area contributed by atoms with Crippen LogP contribution >= 0.6 is 11.8 Å². The molecule has 5 nitrogen and oxygen atoms in total. The molecule has 5 rings (SSSR count). The Morgan fingerprint density at radius 2 is 1.96 bits per heavy atom. The molecule has 4 bridgehead atoms. The van der Waals surface area contributed by atoms with Crippen LogP contribution in [0.2, 0.25) is 0 Å². The van der Waals surface area contributed by atoms with Crippen molar-refractivity contribution in [3.8, 4) is 0 Å². The number of thioether (sulfide) groups is 1. The number of methoxy groups -OCH3 is 1. The predicted molar refractivity (Wildman–Crippen MR) is 109 cm³/mol. The van der Waals surface area contributed by atoms with E-state index in [1.807, 2.05) is 12.1 Å². The number of nitrogens with one attached hydrogen (secondary N) is 1. The van der Waals surface area contributed by atoms with Gasteiger partial charge in [-0.1, -0.05) is 0 Å². The van der Waals surface area contributed by atoms with Crippen LogP contribution in [0.25, 0.3) is 6.08 Å². The molecule has 138 valence electrons. The topological polar surface area (TPSA) is 72.5 Å². The molecule has 1 fully saturated rings. The van der Waals surface area contributed by atoms with Crippen molar-refractivity contribution in [1.82, 2.24) is 5.32 Å². The molecule has 1 saturated heterocycles. The first kappa shape index (κ1) is 18.1. The van der Waals surface area contributed by atoms with Crippen LogP contribution in [-0.4, -0.2) is 50.9 Å². The molecule has 2 unspecified atom stereocenters. The number of benzene rings is 2. The van der Waals surface area contributed by atoms with Gasteiger partial charge in [0, 0.05) is 0 Å². The summed E-state index contributed by atoms with van der Waals surface area (Å²) < 4.78 is 7.87. The number of rotatable bonds is 4. The Hall–Kier alpha value is -1.99. The van der Waals surface area contributed by atoms with Crippen LogP contribution in [0.3, 0.4) is 0 Å². The third kappa shape index (κ3) is 2.75. The van der Waals surface area contributed by atoms with Crippen molar-refractivity contribution < 1.29 is 19.1 Å². The van der Waals surface area contributed by atoms with Gasteiger partial charge >= 0.3 is 175 Å². The summed E-state index contributed by atoms with van der Waals surface area (Å²) in [6, 6.07) is 13.9. The first-order chi connectivity index (χ1) is 13.6. The molecule has 2 amide bonds. The van der Waals surface area contributed by atoms with Crippen LogP contribution < -0.4 is 8.64 Å². The van der Waals surface area contributed by atoms with Crippen molar-refractivity contribution in [2.75, 3.05) is 7.11 Å². The first-order valence-corrected chi connectivity index (χ1v) is 15.2. The Balaban J connectivity index is 1.44. The van der Waals surface area contributed by atoms with Crippen LogP contribution in [0.4, 0.5) is 4.79 Å². The van der Waals surface area contributed by atoms with Gasteiger partial charge in [-0.3, -0.25) is 0 Å². The molecule has 2 aromatic carbocycles. The van der Waals surface area contributed by atoms with Crippen molar-refractivity contribution in [3.63, 3.8) is 0 Å². The third-order valence-electron chi connectivity index (χ3n) is 5.78. The van der Waals surface area contributed by atoms with Crippen LogP contribution in [0.5, 0.6) is 0 Å². The summed E-state index contributed by atoms with van der Waals surface area (Å²) in [6.07, 6.45) is 3.15. The van der Waals surface area contributed by atoms with Gasteiger partial charge < -0.3 is 0 Å². The second kappa shape index (κ2) is 6.81. The second-order valence-electron chi connectivity index (χ2n) is 7.25. The zero-order chi connectivity index (χ0) is 19.4. The van der Waals surface area contributed by atoms with E-state index < -0.39 is 21.4 Å². The summed E-state index contributed by atoms with van der Waals surface area (Å²) in [5, 5.41) is 1.93. The molecule has 28 heavy (non-hydrogen) atoms. The molecule has 2 atom stereocenters. The zero-order valence-corrected chi connectivity index (χ0v) is 19.2. The fraction of sp³-hybridized carbons (Fsp3) is 0.190. The Morgan fingerprint density at radius 3 is 2.61 bits per heavy atom. The van der Waals surface area contributed by atoms with Gasteiger partial charge in [-0.05, 0) is 0 Å². The quantitative estimate of drug-likeness (QED) is 0.663. The Morgan fingerprint density at radius 1 is 1.18 bits per heavy atom. The van der Waals surface area contributed by atoms with Gasteiger partial charge in [0.2, 0.25) is 0 Å². The molecule has 0 aliphatic carbocycles. The summed E-state index contributed by atoms with van der Waals surface area (Å²) >= 11 is -1.32. The summed E-state index contributed by atoms with van der Waals surface area (Å²) in [5.41, 5.74) is 4.24. The molecular weight excluding hydrogens is 477 g/mol. The van der Waals surface area contributed by atoms with E-state index in [0.29, 0.717) is 5.56 Å². The molecule has 7 heteroatoms. The number of imide groups is 1. The Kier molecular flexibility index (Phi) is 4.39. The van der Waals surface area contributed by atoms with Gasteiger partial charge in [0.15, 0.2) is 0 Å². The van der Waals surface area contributed by atoms with Crippen molar-refractivity contribution in [2.45, 2.75) is 15.3 Å². The molecule has 0 saturated carbocycles. The molecule has 3 aliphatic heterocycles. The fourth-order valence-electron chi connectivity index (χ4n) is 4.63. The zero-order valence-electron chi connectivity index (χ0n) is 15.1. The molecule has 0 aromatic heterocycles. The summed E-state index contributed by atoms with van der Waals surface area (Å²) in [7, 11) is 1.38. The molecular formula is C21H16InNO4S. The number of carbonyl (C=O) groups is 3. The molecule has 0 radical (unpaired) electrons. The number of ether oxygens (including phenoxy) is 1. The van der Waals surface area contributed by atoms with Crippen LogP contribution in [0, 0.1) is 0 Å². The summed E-state index contributed by atoms with van der Waals surface area (Å²) in [6.45, 7) is 0. The molecule has 0 spiro atoms. The molecule has 2 aromatic rings. The van der Waals surface area contributed by atoms with E-state index in [4.69, 9.17) is 4.74 Å². The number of amides is 2. The van der Waals surface area contributed by atoms with Crippen LogP contribution in [0.1, 0.15) is 30.7 Å². The number of hydrogen-bond donors (Lipinski definition) is 1. The van der Waals surface area contributed by atoms with Gasteiger partial charge in [0.05, 0.1) is 0 Å². The van der Waals surface area contributed by atoms with Crippen molar-refractivity contribution >= 4 is 59.7 Å². The summed E-state index contributed by atoms with van der Waals surface area (Å²) in [5.74, 6) is -0.477. The predicted octanol–water partition coefficient (Wildman–Crippen LogP) is 2.34. The summed E-state index contributed by atoms with van der Waals surface area (Å²) in [4.78, 5) is 35.8. The first-order valence-electron chi connectivity index (χ1n) is 9.09. The van der Waals surface area contributed by atoms with Gasteiger partial charge in [0.1, 0.15) is 0 Å². The van der Waals surface area contributed by atoms with Crippen molar-refractivity contribution in [1.29, 1.82) is 0 Å². The average Bonchev–Trinajstić information content (AvgIpc) is 3.26. The normalized spacial score (nSPS) is 21.8. The second-order valence-corrected chi connectivity index (χ2v) is 17.0. The maximum atomic E-state index is 12.4. The van der Waals surface area contributed by atoms with Crippen molar-refractivity contribution in [3.05, 3.63) is 68.0 Å². The number of carbonyl (C=O) groups excluding carboxylic acids is 3. The standard InChI is InChI=1S/C21H16NO4S.In/c1-26-20(24)16-11-9-14(10-12-16)5-4-8-15-6-2-3-7-17(15)13-18-19(23)22-21(25)27-18;/h2-3,7-13,18H,5H2,1H3,(H,22,23,25);. The van der Waals surface area contributed by atoms with Crippen LogP contribution in [0.15, 0.2) is 45.8 Å². The van der Waals surface area contributed by atoms with E-state index in [2.05, 4.69) is 29.6 Å². The van der Waals surface area contributed by atoms with E-state index in [0.717, 1.165) is 23.7 Å². The fourth-order valence-corrected chi connectivity index (χ4v) is 19.0. The van der Waals surface area contributed by atoms with Crippen molar-refractivity contribution in [2.24, 2.45) is 0 Å². The number of hydrogen-bond acceptors (Lipinski definition) is 5. The average molecular weight is 493 g/mol. The Labute approximate surface area is 174 Å². The van der Waals surface area contributed by atoms with E-state index in [1.165, 1.54) is 24.9 Å². The number of esters is 1. The van der Waals surface area contributed by atoms with Gasteiger partial charge in [-0.25, -0.2) is 0 Å². The minimum atomic E-state index is -2.47. The van der Waals surface area contributed by atoms with E-state index in [1.54, 1.807) is 12.1 Å². The maximum absolute atomic E-state index is 12.4. The van der Waals surface area contributed by atoms with Gasteiger partial charge in [-0.15, -0.1) is 0 Å². The monoisotopic (exact) mass is 493 g/mol. The van der Waals surface area contributed by atoms with Gasteiger partial charge in [0.25, 0.3) is 0 Å². The molecule has 3 heterocycles. The molecule has 3 aliphatic rings. The van der Waals surface area contributed by atoms with E-state index in [9.17, 15) is 14.4 Å². The SMILES string of the molecule is COC(=O)c1ccc(C[C]2=Cc3c4ccc[c]3[In]2[CH]4C2SC(=O)NC2=O)cc1. The van der Waals surface area contributed by atoms with E-state index in [-0.39, 0.29) is 26.0 Å².